The van der Waals surface area contributed by atoms with Crippen LogP contribution in [0.5, 0.6) is 11.5 Å². The molecule has 16 heteroatoms. The van der Waals surface area contributed by atoms with Crippen molar-refractivity contribution in [2.45, 2.75) is 77.4 Å². The van der Waals surface area contributed by atoms with Crippen LogP contribution in [0.25, 0.3) is 33.6 Å². The molecule has 9 rings (SSSR count). The summed E-state index contributed by atoms with van der Waals surface area (Å²) in [5, 5.41) is 5.40. The summed E-state index contributed by atoms with van der Waals surface area (Å²) in [7, 11) is 2.56. The quantitative estimate of drug-likeness (QED) is 0.114. The van der Waals surface area contributed by atoms with Gasteiger partial charge in [0.2, 0.25) is 5.91 Å². The van der Waals surface area contributed by atoms with E-state index >= 15 is 0 Å². The highest BCUT2D eigenvalue weighted by atomic mass is 16.5. The van der Waals surface area contributed by atoms with E-state index in [0.29, 0.717) is 56.4 Å². The number of H-pyrrole nitrogens is 2. The number of hydrogen-bond acceptors (Lipinski definition) is 10. The Kier molecular flexibility index (Phi) is 10.8. The van der Waals surface area contributed by atoms with Crippen molar-refractivity contribution >= 4 is 24.0 Å². The first kappa shape index (κ1) is 40.6. The molecule has 4 aliphatic rings. The molecule has 0 bridgehead atoms. The van der Waals surface area contributed by atoms with Crippen molar-refractivity contribution in [2.75, 3.05) is 27.3 Å². The Balaban J connectivity index is 0.953. The smallest absolute Gasteiger partial charge is 0.407 e. The molecule has 16 nitrogen and oxygen atoms in total. The Bertz CT molecular complexity index is 2490. The van der Waals surface area contributed by atoms with E-state index in [1.807, 2.05) is 49.4 Å². The fourth-order valence-corrected chi connectivity index (χ4v) is 9.41. The molecule has 5 aromatic rings. The van der Waals surface area contributed by atoms with Crippen molar-refractivity contribution in [1.29, 1.82) is 0 Å². The van der Waals surface area contributed by atoms with E-state index in [-0.39, 0.29) is 35.7 Å². The minimum absolute atomic E-state index is 0.162. The number of alkyl carbamates (subject to hydrolysis) is 2. The molecule has 6 heterocycles. The standard InChI is InChI=1S/C46H50N8O8/c1-6-31(51-45(57)59-4)43(55)53-20-24(2)12-34(53)41-47-18-32(49-41)27-14-29-22-62-37-17-28(15-30-23-61-36(16-27)38(29)39(30)37)33-19-48-42(50-33)35-13-25(3)21-54(35)44(56)40(52-46(58)60-5)26-10-8-7-9-11-26/h7-11,14-19,24-25,31,34-35,40H,6,12-13,20-23H2,1-5H3,(H,47,49)(H,48,50)(H,51,57)(H,52,58)/t24-,25-,31-,34?,35-,40+/m0/s1. The van der Waals surface area contributed by atoms with Crippen molar-refractivity contribution in [3.63, 3.8) is 0 Å². The fraction of sp³-hybridized carbons (Fsp3) is 0.391. The maximum absolute atomic E-state index is 14.2. The molecule has 1 unspecified atom stereocenters. The van der Waals surface area contributed by atoms with Crippen LogP contribution in [0.4, 0.5) is 9.59 Å². The maximum Gasteiger partial charge on any atom is 0.407 e. The van der Waals surface area contributed by atoms with Crippen LogP contribution < -0.4 is 20.1 Å². The Labute approximate surface area is 358 Å². The first-order chi connectivity index (χ1) is 30.0. The molecule has 4 amide bonds. The van der Waals surface area contributed by atoms with E-state index in [9.17, 15) is 19.2 Å². The molecule has 2 aromatic heterocycles. The number of aromatic nitrogens is 4. The van der Waals surface area contributed by atoms with Crippen LogP contribution in [-0.4, -0.2) is 87.1 Å². The monoisotopic (exact) mass is 842 g/mol. The van der Waals surface area contributed by atoms with Gasteiger partial charge in [0.05, 0.1) is 50.1 Å². The maximum atomic E-state index is 14.2. The van der Waals surface area contributed by atoms with Crippen LogP contribution in [0.15, 0.2) is 67.0 Å². The summed E-state index contributed by atoms with van der Waals surface area (Å²) in [6, 6.07) is 15.2. The highest BCUT2D eigenvalue weighted by Crippen LogP contribution is 2.51. The Morgan fingerprint density at radius 2 is 1.24 bits per heavy atom. The molecular weight excluding hydrogens is 793 g/mol. The van der Waals surface area contributed by atoms with Gasteiger partial charge in [-0.05, 0) is 60.9 Å². The van der Waals surface area contributed by atoms with E-state index in [1.54, 1.807) is 22.2 Å². The molecule has 0 spiro atoms. The average molecular weight is 843 g/mol. The normalized spacial score (nSPS) is 20.7. The van der Waals surface area contributed by atoms with Crippen LogP contribution in [0.2, 0.25) is 0 Å². The van der Waals surface area contributed by atoms with Gasteiger partial charge in [-0.2, -0.15) is 0 Å². The Morgan fingerprint density at radius 1 is 0.742 bits per heavy atom. The minimum atomic E-state index is -0.917. The second-order valence-corrected chi connectivity index (χ2v) is 16.7. The molecular formula is C46H50N8O8. The van der Waals surface area contributed by atoms with Gasteiger partial charge in [-0.3, -0.25) is 9.59 Å². The zero-order valence-electron chi connectivity index (χ0n) is 35.3. The van der Waals surface area contributed by atoms with Gasteiger partial charge in [-0.15, -0.1) is 0 Å². The van der Waals surface area contributed by atoms with Gasteiger partial charge in [0, 0.05) is 46.5 Å². The number of nitrogens with one attached hydrogen (secondary N) is 4. The van der Waals surface area contributed by atoms with Crippen LogP contribution in [-0.2, 0) is 32.3 Å². The van der Waals surface area contributed by atoms with Crippen LogP contribution in [0.3, 0.4) is 0 Å². The number of hydrogen-bond donors (Lipinski definition) is 4. The van der Waals surface area contributed by atoms with Crippen molar-refractivity contribution in [2.24, 2.45) is 11.8 Å². The number of ether oxygens (including phenoxy) is 4. The molecule has 322 valence electrons. The summed E-state index contributed by atoms with van der Waals surface area (Å²) < 4.78 is 22.5. The zero-order chi connectivity index (χ0) is 43.2. The van der Waals surface area contributed by atoms with Gasteiger partial charge < -0.3 is 49.3 Å². The molecule has 0 aliphatic carbocycles. The lowest BCUT2D eigenvalue weighted by Crippen LogP contribution is -2.48. The van der Waals surface area contributed by atoms with E-state index in [0.717, 1.165) is 62.7 Å². The highest BCUT2D eigenvalue weighted by Gasteiger charge is 2.41. The molecule has 0 radical (unpaired) electrons. The average Bonchev–Trinajstić information content (AvgIpc) is 4.13. The molecule has 2 saturated heterocycles. The topological polar surface area (TPSA) is 193 Å². The number of amides is 4. The Morgan fingerprint density at radius 3 is 1.74 bits per heavy atom. The second kappa shape index (κ2) is 16.6. The van der Waals surface area contributed by atoms with E-state index in [4.69, 9.17) is 28.9 Å². The first-order valence-electron chi connectivity index (χ1n) is 21.1. The fourth-order valence-electron chi connectivity index (χ4n) is 9.41. The molecule has 6 atom stereocenters. The summed E-state index contributed by atoms with van der Waals surface area (Å²) in [5.41, 5.74) is 7.98. The van der Waals surface area contributed by atoms with Gasteiger partial charge in [0.15, 0.2) is 0 Å². The van der Waals surface area contributed by atoms with Crippen molar-refractivity contribution in [3.05, 3.63) is 95.3 Å². The summed E-state index contributed by atoms with van der Waals surface area (Å²) in [4.78, 5) is 72.3. The number of methoxy groups -OCH3 is 2. The highest BCUT2D eigenvalue weighted by molar-refractivity contribution is 5.90. The lowest BCUT2D eigenvalue weighted by atomic mass is 9.87. The SMILES string of the molecule is CC[C@H](NC(=O)OC)C(=O)N1C[C@@H](C)CC1c1ncc(-c2cc3c4c(c2)OCc2cc(-c5cnc([C@@H]6C[C@H](C)CN6C(=O)[C@H](NC(=O)OC)c6ccccc6)[nH]5)cc(c2-4)OC3)[nH]1. The third kappa shape index (κ3) is 7.47. The number of carbonyl (C=O) groups is 4. The Hall–Kier alpha value is -6.84. The third-order valence-electron chi connectivity index (χ3n) is 12.4. The second-order valence-electron chi connectivity index (χ2n) is 16.7. The van der Waals surface area contributed by atoms with Gasteiger partial charge in [0.1, 0.15) is 48.4 Å². The number of benzene rings is 3. The number of aromatic amines is 2. The predicted molar refractivity (Wildman–Crippen MR) is 227 cm³/mol. The molecule has 3 aromatic carbocycles. The third-order valence-corrected chi connectivity index (χ3v) is 12.4. The largest absolute Gasteiger partial charge is 0.488 e. The van der Waals surface area contributed by atoms with Gasteiger partial charge >= 0.3 is 12.2 Å². The van der Waals surface area contributed by atoms with E-state index in [2.05, 4.69) is 46.6 Å². The molecule has 62 heavy (non-hydrogen) atoms. The molecule has 4 aliphatic heterocycles. The van der Waals surface area contributed by atoms with Crippen molar-refractivity contribution < 1.29 is 38.1 Å². The van der Waals surface area contributed by atoms with Gasteiger partial charge in [0.25, 0.3) is 5.91 Å². The number of likely N-dealkylation sites (tertiary alicyclic amines) is 2. The summed E-state index contributed by atoms with van der Waals surface area (Å²) in [6.45, 7) is 7.81. The number of nitrogens with zero attached hydrogens (tertiary/aromatic N) is 4. The first-order valence-corrected chi connectivity index (χ1v) is 21.1. The van der Waals surface area contributed by atoms with Crippen molar-refractivity contribution in [3.8, 4) is 45.1 Å². The minimum Gasteiger partial charge on any atom is -0.488 e. The number of carbonyl (C=O) groups excluding carboxylic acids is 4. The summed E-state index contributed by atoms with van der Waals surface area (Å²) in [6.07, 6.45) is 4.14. The number of rotatable bonds is 10. The lowest BCUT2D eigenvalue weighted by molar-refractivity contribution is -0.135. The van der Waals surface area contributed by atoms with Crippen LogP contribution in [0, 0.1) is 11.8 Å². The summed E-state index contributed by atoms with van der Waals surface area (Å²) >= 11 is 0. The van der Waals surface area contributed by atoms with Crippen LogP contribution in [0.1, 0.15) is 86.5 Å². The van der Waals surface area contributed by atoms with E-state index in [1.165, 1.54) is 14.2 Å². The summed E-state index contributed by atoms with van der Waals surface area (Å²) in [5.74, 6) is 2.92. The zero-order valence-corrected chi connectivity index (χ0v) is 35.3. The predicted octanol–water partition coefficient (Wildman–Crippen LogP) is 6.97. The molecule has 0 saturated carbocycles. The number of imidazole rings is 2. The van der Waals surface area contributed by atoms with Gasteiger partial charge in [-0.1, -0.05) is 51.1 Å². The van der Waals surface area contributed by atoms with E-state index < -0.39 is 24.3 Å². The molecule has 2 fully saturated rings. The lowest BCUT2D eigenvalue weighted by Gasteiger charge is -2.30. The molecule has 4 N–H and O–H groups in total. The van der Waals surface area contributed by atoms with Gasteiger partial charge in [-0.25, -0.2) is 19.6 Å². The van der Waals surface area contributed by atoms with Crippen LogP contribution >= 0.6 is 0 Å². The van der Waals surface area contributed by atoms with Crippen molar-refractivity contribution in [1.82, 2.24) is 40.4 Å².